The molecule has 0 saturated heterocycles. The smallest absolute Gasteiger partial charge is 0.258 e. The quantitative estimate of drug-likeness (QED) is 0.541. The van der Waals surface area contributed by atoms with Crippen LogP contribution in [-0.4, -0.2) is 30.1 Å². The summed E-state index contributed by atoms with van der Waals surface area (Å²) in [6.07, 6.45) is 1.45. The molecule has 3 aromatic rings. The largest absolute Gasteiger partial charge is 0.272 e. The van der Waals surface area contributed by atoms with Gasteiger partial charge >= 0.3 is 0 Å². The minimum absolute atomic E-state index is 0.233. The number of benzene rings is 1. The van der Waals surface area contributed by atoms with E-state index in [1.54, 1.807) is 19.2 Å². The first kappa shape index (κ1) is 13.7. The van der Waals surface area contributed by atoms with Crippen LogP contribution in [0.2, 0.25) is 0 Å². The molecule has 0 radical (unpaired) electrons. The van der Waals surface area contributed by atoms with Gasteiger partial charge in [-0.1, -0.05) is 6.07 Å². The summed E-state index contributed by atoms with van der Waals surface area (Å²) < 4.78 is 14.0. The summed E-state index contributed by atoms with van der Waals surface area (Å²) in [6.45, 7) is 0. The van der Waals surface area contributed by atoms with Crippen LogP contribution in [0.25, 0.3) is 22.6 Å². The first-order valence-corrected chi connectivity index (χ1v) is 6.19. The van der Waals surface area contributed by atoms with Crippen molar-refractivity contribution in [2.45, 2.75) is 0 Å². The summed E-state index contributed by atoms with van der Waals surface area (Å²) in [5, 5.41) is 22.2. The number of aromatic nitrogens is 5. The molecule has 2 aromatic heterocycles. The molecule has 0 saturated carbocycles. The summed E-state index contributed by atoms with van der Waals surface area (Å²) in [5.74, 6) is -0.320. The van der Waals surface area contributed by atoms with E-state index in [0.29, 0.717) is 17.1 Å². The first-order chi connectivity index (χ1) is 10.5. The molecule has 0 atom stereocenters. The Morgan fingerprint density at radius 2 is 2.09 bits per heavy atom. The maximum atomic E-state index is 14.0. The molecule has 0 fully saturated rings. The molecular weight excluding hydrogens is 291 g/mol. The van der Waals surface area contributed by atoms with Gasteiger partial charge < -0.3 is 0 Å². The third-order valence-corrected chi connectivity index (χ3v) is 2.98. The highest BCUT2D eigenvalue weighted by atomic mass is 19.1. The zero-order valence-electron chi connectivity index (χ0n) is 11.3. The first-order valence-electron chi connectivity index (χ1n) is 6.19. The number of nitro benzene ring substituents is 1. The lowest BCUT2D eigenvalue weighted by molar-refractivity contribution is -0.385. The Balaban J connectivity index is 1.94. The van der Waals surface area contributed by atoms with Crippen LogP contribution < -0.4 is 0 Å². The molecule has 0 aliphatic rings. The van der Waals surface area contributed by atoms with Crippen LogP contribution in [0.4, 0.5) is 10.1 Å². The second-order valence-corrected chi connectivity index (χ2v) is 4.46. The molecule has 0 unspecified atom stereocenters. The van der Waals surface area contributed by atoms with Crippen molar-refractivity contribution in [3.05, 3.63) is 52.5 Å². The van der Waals surface area contributed by atoms with Gasteiger partial charge in [-0.25, -0.2) is 4.39 Å². The van der Waals surface area contributed by atoms with Crippen molar-refractivity contribution in [3.8, 4) is 22.6 Å². The maximum Gasteiger partial charge on any atom is 0.272 e. The summed E-state index contributed by atoms with van der Waals surface area (Å²) in [6, 6.07) is 6.75. The summed E-state index contributed by atoms with van der Waals surface area (Å²) in [5.41, 5.74) is 0.936. The fourth-order valence-electron chi connectivity index (χ4n) is 1.92. The molecule has 3 rings (SSSR count). The lowest BCUT2D eigenvalue weighted by Crippen LogP contribution is -1.93. The van der Waals surface area contributed by atoms with Crippen molar-refractivity contribution in [2.75, 3.05) is 0 Å². The van der Waals surface area contributed by atoms with Crippen LogP contribution in [0.15, 0.2) is 36.5 Å². The molecule has 0 N–H and O–H groups in total. The van der Waals surface area contributed by atoms with E-state index in [1.165, 1.54) is 23.1 Å². The van der Waals surface area contributed by atoms with E-state index in [0.717, 1.165) is 6.07 Å². The van der Waals surface area contributed by atoms with Crippen molar-refractivity contribution in [1.29, 1.82) is 0 Å². The predicted molar refractivity (Wildman–Crippen MR) is 74.1 cm³/mol. The normalized spacial score (nSPS) is 10.6. The number of tetrazole rings is 1. The summed E-state index contributed by atoms with van der Waals surface area (Å²) >= 11 is 0. The average Bonchev–Trinajstić information content (AvgIpc) is 2.94. The Morgan fingerprint density at radius 3 is 2.64 bits per heavy atom. The fourth-order valence-corrected chi connectivity index (χ4v) is 1.92. The van der Waals surface area contributed by atoms with Crippen LogP contribution in [-0.2, 0) is 7.05 Å². The van der Waals surface area contributed by atoms with E-state index < -0.39 is 10.7 Å². The topological polar surface area (TPSA) is 99.6 Å². The van der Waals surface area contributed by atoms with Crippen molar-refractivity contribution >= 4 is 5.69 Å². The molecule has 0 amide bonds. The SMILES string of the molecule is Cn1nnc(-c2ccc(-c3ccc([N+](=O)[O-])cc3F)cn2)n1. The number of hydrogen-bond acceptors (Lipinski definition) is 6. The highest BCUT2D eigenvalue weighted by Crippen LogP contribution is 2.26. The Hall–Kier alpha value is -3.23. The van der Waals surface area contributed by atoms with Crippen LogP contribution >= 0.6 is 0 Å². The van der Waals surface area contributed by atoms with E-state index in [9.17, 15) is 14.5 Å². The van der Waals surface area contributed by atoms with Gasteiger partial charge in [-0.05, 0) is 17.3 Å². The van der Waals surface area contributed by atoms with Crippen LogP contribution in [0, 0.1) is 15.9 Å². The molecule has 0 aliphatic heterocycles. The Morgan fingerprint density at radius 1 is 1.27 bits per heavy atom. The van der Waals surface area contributed by atoms with Gasteiger partial charge in [-0.3, -0.25) is 15.1 Å². The van der Waals surface area contributed by atoms with Gasteiger partial charge in [-0.15, -0.1) is 10.2 Å². The molecular formula is C13H9FN6O2. The number of non-ortho nitro benzene ring substituents is 1. The Bertz CT molecular complexity index is 846. The van der Waals surface area contributed by atoms with Gasteiger partial charge in [0.25, 0.3) is 5.69 Å². The van der Waals surface area contributed by atoms with Crippen LogP contribution in [0.3, 0.4) is 0 Å². The number of nitrogens with zero attached hydrogens (tertiary/aromatic N) is 6. The highest BCUT2D eigenvalue weighted by molar-refractivity contribution is 5.66. The number of pyridine rings is 1. The molecule has 1 aromatic carbocycles. The van der Waals surface area contributed by atoms with Crippen molar-refractivity contribution in [1.82, 2.24) is 25.2 Å². The molecule has 0 bridgehead atoms. The minimum Gasteiger partial charge on any atom is -0.258 e. The minimum atomic E-state index is -0.679. The average molecular weight is 300 g/mol. The Kier molecular flexibility index (Phi) is 3.30. The molecule has 110 valence electrons. The predicted octanol–water partition coefficient (Wildman–Crippen LogP) is 1.99. The molecule has 8 nitrogen and oxygen atoms in total. The highest BCUT2D eigenvalue weighted by Gasteiger charge is 2.13. The third-order valence-electron chi connectivity index (χ3n) is 2.98. The van der Waals surface area contributed by atoms with Gasteiger partial charge in [0.1, 0.15) is 11.5 Å². The monoisotopic (exact) mass is 300 g/mol. The standard InChI is InChI=1S/C13H9FN6O2/c1-19-17-13(16-18-19)12-5-2-8(7-15-12)10-4-3-9(20(21)22)6-11(10)14/h2-7H,1H3. The number of hydrogen-bond donors (Lipinski definition) is 0. The Labute approximate surface area is 123 Å². The third kappa shape index (κ3) is 2.51. The molecule has 0 aliphatic carbocycles. The van der Waals surface area contributed by atoms with Gasteiger partial charge in [0.15, 0.2) is 0 Å². The molecule has 2 heterocycles. The van der Waals surface area contributed by atoms with Crippen molar-refractivity contribution < 1.29 is 9.31 Å². The van der Waals surface area contributed by atoms with Gasteiger partial charge in [0.2, 0.25) is 5.82 Å². The van der Waals surface area contributed by atoms with E-state index in [2.05, 4.69) is 20.4 Å². The van der Waals surface area contributed by atoms with E-state index in [-0.39, 0.29) is 11.3 Å². The summed E-state index contributed by atoms with van der Waals surface area (Å²) in [4.78, 5) is 15.4. The fraction of sp³-hybridized carbons (Fsp3) is 0.0769. The molecule has 22 heavy (non-hydrogen) atoms. The molecule has 9 heteroatoms. The van der Waals surface area contributed by atoms with E-state index in [1.807, 2.05) is 0 Å². The lowest BCUT2D eigenvalue weighted by atomic mass is 10.1. The zero-order valence-corrected chi connectivity index (χ0v) is 11.3. The van der Waals surface area contributed by atoms with Crippen molar-refractivity contribution in [3.63, 3.8) is 0 Å². The zero-order chi connectivity index (χ0) is 15.7. The number of aryl methyl sites for hydroxylation is 1. The van der Waals surface area contributed by atoms with Gasteiger partial charge in [-0.2, -0.15) is 4.80 Å². The van der Waals surface area contributed by atoms with Gasteiger partial charge in [0.05, 0.1) is 18.0 Å². The van der Waals surface area contributed by atoms with E-state index in [4.69, 9.17) is 0 Å². The number of rotatable bonds is 3. The van der Waals surface area contributed by atoms with Crippen LogP contribution in [0.1, 0.15) is 0 Å². The van der Waals surface area contributed by atoms with Crippen LogP contribution in [0.5, 0.6) is 0 Å². The number of nitro groups is 1. The lowest BCUT2D eigenvalue weighted by Gasteiger charge is -2.03. The second kappa shape index (κ2) is 5.28. The number of halogens is 1. The molecule has 0 spiro atoms. The van der Waals surface area contributed by atoms with Crippen molar-refractivity contribution in [2.24, 2.45) is 7.05 Å². The second-order valence-electron chi connectivity index (χ2n) is 4.46. The maximum absolute atomic E-state index is 14.0. The van der Waals surface area contributed by atoms with Gasteiger partial charge in [0, 0.05) is 23.4 Å². The van der Waals surface area contributed by atoms with E-state index >= 15 is 0 Å². The summed E-state index contributed by atoms with van der Waals surface area (Å²) in [7, 11) is 1.64.